The minimum Gasteiger partial charge on any atom is -0.390 e. The second-order valence-corrected chi connectivity index (χ2v) is 2.57. The largest absolute Gasteiger partial charge is 0.390 e. The van der Waals surface area contributed by atoms with Crippen LogP contribution in [0.2, 0.25) is 0 Å². The fourth-order valence-electron chi connectivity index (χ4n) is 1.16. The lowest BCUT2D eigenvalue weighted by molar-refractivity contribution is 0.277. The van der Waals surface area contributed by atoms with Gasteiger partial charge in [-0.3, -0.25) is 4.40 Å². The van der Waals surface area contributed by atoms with Crippen LogP contribution >= 0.6 is 0 Å². The summed E-state index contributed by atoms with van der Waals surface area (Å²) in [5.74, 6) is 0.625. The number of aliphatic hydroxyl groups is 1. The Hall–Kier alpha value is -1.55. The number of nitrogen functional groups attached to an aromatic ring is 1. The Balaban J connectivity index is 2.74. The molecule has 0 amide bonds. The summed E-state index contributed by atoms with van der Waals surface area (Å²) in [5.41, 5.74) is 7.06. The van der Waals surface area contributed by atoms with Crippen LogP contribution in [0.4, 0.5) is 5.82 Å². The van der Waals surface area contributed by atoms with E-state index < -0.39 is 0 Å². The minimum atomic E-state index is -0.0544. The van der Waals surface area contributed by atoms with Gasteiger partial charge in [0.1, 0.15) is 11.5 Å². The van der Waals surface area contributed by atoms with E-state index >= 15 is 0 Å². The van der Waals surface area contributed by atoms with E-state index in [9.17, 15) is 0 Å². The summed E-state index contributed by atoms with van der Waals surface area (Å²) in [5, 5.41) is 8.81. The van der Waals surface area contributed by atoms with E-state index in [1.54, 1.807) is 16.7 Å². The van der Waals surface area contributed by atoms with Crippen molar-refractivity contribution < 1.29 is 5.11 Å². The summed E-state index contributed by atoms with van der Waals surface area (Å²) < 4.78 is 1.74. The van der Waals surface area contributed by atoms with Crippen molar-refractivity contribution in [1.82, 2.24) is 9.38 Å². The number of rotatable bonds is 1. The Kier molecular flexibility index (Phi) is 1.48. The van der Waals surface area contributed by atoms with Gasteiger partial charge in [0, 0.05) is 6.20 Å². The lowest BCUT2D eigenvalue weighted by Crippen LogP contribution is -1.93. The highest BCUT2D eigenvalue weighted by atomic mass is 16.3. The molecular formula is C8H9N3O. The average molecular weight is 163 g/mol. The van der Waals surface area contributed by atoms with Gasteiger partial charge in [0.05, 0.1) is 12.3 Å². The third-order valence-corrected chi connectivity index (χ3v) is 1.74. The molecule has 0 unspecified atom stereocenters. The van der Waals surface area contributed by atoms with Gasteiger partial charge in [0.25, 0.3) is 0 Å². The van der Waals surface area contributed by atoms with Crippen molar-refractivity contribution >= 4 is 11.5 Å². The van der Waals surface area contributed by atoms with Crippen molar-refractivity contribution in [3.05, 3.63) is 30.1 Å². The molecule has 62 valence electrons. The standard InChI is InChI=1S/C8H9N3O/c9-7-2-1-3-8-10-6(5-12)4-11(7)8/h1-4,12H,5,9H2. The lowest BCUT2D eigenvalue weighted by Gasteiger charge is -1.95. The van der Waals surface area contributed by atoms with E-state index in [0.717, 1.165) is 5.65 Å². The van der Waals surface area contributed by atoms with Gasteiger partial charge in [-0.15, -0.1) is 0 Å². The summed E-state index contributed by atoms with van der Waals surface area (Å²) in [7, 11) is 0. The van der Waals surface area contributed by atoms with E-state index in [0.29, 0.717) is 11.5 Å². The molecule has 2 heterocycles. The first-order valence-corrected chi connectivity index (χ1v) is 3.64. The van der Waals surface area contributed by atoms with Gasteiger partial charge < -0.3 is 10.8 Å². The average Bonchev–Trinajstić information content (AvgIpc) is 2.49. The van der Waals surface area contributed by atoms with Gasteiger partial charge in [0.2, 0.25) is 0 Å². The Bertz CT molecular complexity index is 408. The number of hydrogen-bond donors (Lipinski definition) is 2. The normalized spacial score (nSPS) is 10.8. The molecule has 2 aromatic heterocycles. The maximum Gasteiger partial charge on any atom is 0.138 e. The number of aliphatic hydroxyl groups excluding tert-OH is 1. The zero-order valence-corrected chi connectivity index (χ0v) is 6.44. The second-order valence-electron chi connectivity index (χ2n) is 2.57. The highest BCUT2D eigenvalue weighted by Crippen LogP contribution is 2.09. The molecule has 0 saturated carbocycles. The molecule has 0 saturated heterocycles. The smallest absolute Gasteiger partial charge is 0.138 e. The summed E-state index contributed by atoms with van der Waals surface area (Å²) in [6.45, 7) is -0.0544. The number of fused-ring (bicyclic) bond motifs is 1. The molecule has 0 radical (unpaired) electrons. The fourth-order valence-corrected chi connectivity index (χ4v) is 1.16. The molecule has 0 fully saturated rings. The zero-order valence-electron chi connectivity index (χ0n) is 6.44. The molecule has 0 aliphatic carbocycles. The Morgan fingerprint density at radius 1 is 1.50 bits per heavy atom. The SMILES string of the molecule is Nc1cccc2nc(CO)cn12. The van der Waals surface area contributed by atoms with Crippen LogP contribution in [0.5, 0.6) is 0 Å². The van der Waals surface area contributed by atoms with Crippen LogP contribution in [0.25, 0.3) is 5.65 Å². The van der Waals surface area contributed by atoms with Gasteiger partial charge in [-0.25, -0.2) is 4.98 Å². The first-order chi connectivity index (χ1) is 5.81. The molecule has 0 aromatic carbocycles. The molecule has 0 bridgehead atoms. The second kappa shape index (κ2) is 2.49. The van der Waals surface area contributed by atoms with E-state index in [-0.39, 0.29) is 6.61 Å². The molecule has 0 aliphatic rings. The predicted molar refractivity (Wildman–Crippen MR) is 45.5 cm³/mol. The van der Waals surface area contributed by atoms with Crippen LogP contribution in [0.15, 0.2) is 24.4 Å². The van der Waals surface area contributed by atoms with Crippen molar-refractivity contribution in [3.8, 4) is 0 Å². The Morgan fingerprint density at radius 3 is 3.00 bits per heavy atom. The first-order valence-electron chi connectivity index (χ1n) is 3.64. The van der Waals surface area contributed by atoms with Gasteiger partial charge in [-0.2, -0.15) is 0 Å². The number of aromatic nitrogens is 2. The van der Waals surface area contributed by atoms with E-state index in [2.05, 4.69) is 4.98 Å². The van der Waals surface area contributed by atoms with Gasteiger partial charge in [0.15, 0.2) is 0 Å². The van der Waals surface area contributed by atoms with Gasteiger partial charge >= 0.3 is 0 Å². The van der Waals surface area contributed by atoms with Crippen LogP contribution in [0.3, 0.4) is 0 Å². The van der Waals surface area contributed by atoms with Gasteiger partial charge in [-0.05, 0) is 12.1 Å². The third kappa shape index (κ3) is 0.931. The van der Waals surface area contributed by atoms with Crippen molar-refractivity contribution in [2.24, 2.45) is 0 Å². The minimum absolute atomic E-state index is 0.0544. The summed E-state index contributed by atoms with van der Waals surface area (Å²) in [4.78, 5) is 4.12. The van der Waals surface area contributed by atoms with Crippen molar-refractivity contribution in [3.63, 3.8) is 0 Å². The monoisotopic (exact) mass is 163 g/mol. The van der Waals surface area contributed by atoms with E-state index in [4.69, 9.17) is 10.8 Å². The summed E-state index contributed by atoms with van der Waals surface area (Å²) >= 11 is 0. The molecule has 0 aliphatic heterocycles. The predicted octanol–water partition coefficient (Wildman–Crippen LogP) is 0.409. The quantitative estimate of drug-likeness (QED) is 0.640. The number of pyridine rings is 1. The van der Waals surface area contributed by atoms with E-state index in [1.807, 2.05) is 12.1 Å². The Morgan fingerprint density at radius 2 is 2.33 bits per heavy atom. The molecular weight excluding hydrogens is 154 g/mol. The fraction of sp³-hybridized carbons (Fsp3) is 0.125. The molecule has 0 spiro atoms. The van der Waals surface area contributed by atoms with Crippen LogP contribution < -0.4 is 5.73 Å². The topological polar surface area (TPSA) is 63.5 Å². The maximum atomic E-state index is 8.81. The molecule has 2 aromatic rings. The highest BCUT2D eigenvalue weighted by molar-refractivity contribution is 5.48. The van der Waals surface area contributed by atoms with Crippen LogP contribution in [0, 0.1) is 0 Å². The molecule has 4 nitrogen and oxygen atoms in total. The summed E-state index contributed by atoms with van der Waals surface area (Å²) in [6.07, 6.45) is 1.73. The first kappa shape index (κ1) is 7.12. The molecule has 0 atom stereocenters. The third-order valence-electron chi connectivity index (χ3n) is 1.74. The number of nitrogens with zero attached hydrogens (tertiary/aromatic N) is 2. The van der Waals surface area contributed by atoms with Crippen molar-refractivity contribution in [1.29, 1.82) is 0 Å². The van der Waals surface area contributed by atoms with Gasteiger partial charge in [-0.1, -0.05) is 6.07 Å². The zero-order chi connectivity index (χ0) is 8.55. The van der Waals surface area contributed by atoms with Crippen LogP contribution in [0.1, 0.15) is 5.69 Å². The number of anilines is 1. The number of nitrogens with two attached hydrogens (primary N) is 1. The van der Waals surface area contributed by atoms with Crippen molar-refractivity contribution in [2.75, 3.05) is 5.73 Å². The molecule has 2 rings (SSSR count). The Labute approximate surface area is 69.3 Å². The van der Waals surface area contributed by atoms with E-state index in [1.165, 1.54) is 0 Å². The lowest BCUT2D eigenvalue weighted by atomic mass is 10.4. The maximum absolute atomic E-state index is 8.81. The molecule has 4 heteroatoms. The van der Waals surface area contributed by atoms with Crippen molar-refractivity contribution in [2.45, 2.75) is 6.61 Å². The highest BCUT2D eigenvalue weighted by Gasteiger charge is 2.00. The van der Waals surface area contributed by atoms with Crippen LogP contribution in [-0.4, -0.2) is 14.5 Å². The summed E-state index contributed by atoms with van der Waals surface area (Å²) in [6, 6.07) is 5.46. The molecule has 12 heavy (non-hydrogen) atoms. The number of hydrogen-bond acceptors (Lipinski definition) is 3. The molecule has 3 N–H and O–H groups in total. The van der Waals surface area contributed by atoms with Crippen LogP contribution in [-0.2, 0) is 6.61 Å². The number of imidazole rings is 1.